The summed E-state index contributed by atoms with van der Waals surface area (Å²) in [7, 11) is 1.31. The first-order valence-corrected chi connectivity index (χ1v) is 10.8. The van der Waals surface area contributed by atoms with Crippen molar-refractivity contribution in [1.29, 1.82) is 0 Å². The van der Waals surface area contributed by atoms with Crippen molar-refractivity contribution in [3.8, 4) is 0 Å². The third kappa shape index (κ3) is 7.89. The van der Waals surface area contributed by atoms with E-state index in [2.05, 4.69) is 10.6 Å². The van der Waals surface area contributed by atoms with Gasteiger partial charge in [-0.25, -0.2) is 14.0 Å². The highest BCUT2D eigenvalue weighted by molar-refractivity contribution is 5.89. The smallest absolute Gasteiger partial charge is 0.408 e. The van der Waals surface area contributed by atoms with Crippen LogP contribution in [-0.4, -0.2) is 30.7 Å². The van der Waals surface area contributed by atoms with Crippen molar-refractivity contribution in [3.63, 3.8) is 0 Å². The average Bonchev–Trinajstić information content (AvgIpc) is 2.75. The van der Waals surface area contributed by atoms with Crippen molar-refractivity contribution in [2.45, 2.75) is 58.2 Å². The zero-order valence-electron chi connectivity index (χ0n) is 19.6. The molecule has 0 aliphatic rings. The van der Waals surface area contributed by atoms with Gasteiger partial charge in [0.2, 0.25) is 5.91 Å². The van der Waals surface area contributed by atoms with Gasteiger partial charge >= 0.3 is 12.1 Å². The maximum absolute atomic E-state index is 13.9. The molecule has 0 saturated heterocycles. The van der Waals surface area contributed by atoms with Gasteiger partial charge < -0.3 is 20.1 Å². The fourth-order valence-electron chi connectivity index (χ4n) is 3.25. The number of hydrogen-bond acceptors (Lipinski definition) is 5. The topological polar surface area (TPSA) is 93.7 Å². The molecule has 2 aromatic carbocycles. The molecule has 0 fully saturated rings. The molecule has 2 atom stereocenters. The number of alkyl carbamates (subject to hydrolysis) is 1. The van der Waals surface area contributed by atoms with Gasteiger partial charge in [-0.15, -0.1) is 0 Å². The van der Waals surface area contributed by atoms with E-state index in [1.807, 2.05) is 6.92 Å². The van der Waals surface area contributed by atoms with Crippen LogP contribution in [-0.2, 0) is 14.3 Å². The Balaban J connectivity index is 2.28. The summed E-state index contributed by atoms with van der Waals surface area (Å²) in [6.07, 6.45) is 0.598. The lowest BCUT2D eigenvalue weighted by Crippen LogP contribution is -2.43. The molecule has 0 aromatic heterocycles. The number of hydrogen-bond donors (Lipinski definition) is 2. The van der Waals surface area contributed by atoms with Gasteiger partial charge in [0.25, 0.3) is 0 Å². The third-order valence-corrected chi connectivity index (χ3v) is 4.73. The predicted molar refractivity (Wildman–Crippen MR) is 122 cm³/mol. The molecule has 2 N–H and O–H groups in total. The molecule has 0 aliphatic heterocycles. The van der Waals surface area contributed by atoms with Crippen LogP contribution in [0.4, 0.5) is 9.18 Å². The van der Waals surface area contributed by atoms with Gasteiger partial charge in [-0.1, -0.05) is 37.6 Å². The summed E-state index contributed by atoms with van der Waals surface area (Å²) < 4.78 is 23.9. The highest BCUT2D eigenvalue weighted by Crippen LogP contribution is 2.23. The standard InChI is InChI=1S/C25H31FN2O5/c1-6-8-20(16-11-13-17(14-12-16)23(30)32-5)27-22(29)21(18-9-7-10-19(26)15-18)28-24(31)33-25(2,3)4/h7,9-15,20-21H,6,8H2,1-5H3,(H,27,29)(H,28,31). The van der Waals surface area contributed by atoms with Crippen molar-refractivity contribution < 1.29 is 28.2 Å². The Hall–Kier alpha value is -3.42. The summed E-state index contributed by atoms with van der Waals surface area (Å²) in [5.74, 6) is -1.49. The first kappa shape index (κ1) is 25.8. The SMILES string of the molecule is CCCC(NC(=O)C(NC(=O)OC(C)(C)C)c1cccc(F)c1)c1ccc(C(=O)OC)cc1. The van der Waals surface area contributed by atoms with Crippen LogP contribution in [0.3, 0.4) is 0 Å². The van der Waals surface area contributed by atoms with E-state index in [1.54, 1.807) is 51.1 Å². The van der Waals surface area contributed by atoms with E-state index in [9.17, 15) is 18.8 Å². The number of ether oxygens (including phenoxy) is 2. The molecule has 7 nitrogen and oxygen atoms in total. The lowest BCUT2D eigenvalue weighted by atomic mass is 9.99. The molecule has 0 heterocycles. The van der Waals surface area contributed by atoms with Crippen molar-refractivity contribution in [3.05, 3.63) is 71.0 Å². The van der Waals surface area contributed by atoms with Crippen LogP contribution in [0.25, 0.3) is 0 Å². The molecule has 178 valence electrons. The first-order valence-electron chi connectivity index (χ1n) is 10.8. The zero-order chi connectivity index (χ0) is 24.6. The zero-order valence-corrected chi connectivity index (χ0v) is 19.6. The molecule has 0 spiro atoms. The largest absolute Gasteiger partial charge is 0.465 e. The van der Waals surface area contributed by atoms with E-state index >= 15 is 0 Å². The Morgan fingerprint density at radius 2 is 1.67 bits per heavy atom. The lowest BCUT2D eigenvalue weighted by Gasteiger charge is -2.26. The summed E-state index contributed by atoms with van der Waals surface area (Å²) in [5.41, 5.74) is 0.703. The van der Waals surface area contributed by atoms with Gasteiger partial charge in [0.05, 0.1) is 18.7 Å². The Labute approximate surface area is 193 Å². The van der Waals surface area contributed by atoms with Crippen molar-refractivity contribution in [2.75, 3.05) is 7.11 Å². The average molecular weight is 459 g/mol. The highest BCUT2D eigenvalue weighted by atomic mass is 19.1. The molecule has 33 heavy (non-hydrogen) atoms. The Morgan fingerprint density at radius 3 is 2.21 bits per heavy atom. The number of esters is 1. The van der Waals surface area contributed by atoms with E-state index < -0.39 is 35.4 Å². The maximum Gasteiger partial charge on any atom is 0.408 e. The van der Waals surface area contributed by atoms with Crippen LogP contribution in [0.2, 0.25) is 0 Å². The maximum atomic E-state index is 13.9. The molecule has 2 amide bonds. The van der Waals surface area contributed by atoms with Gasteiger partial charge in [-0.2, -0.15) is 0 Å². The van der Waals surface area contributed by atoms with Crippen LogP contribution in [0.5, 0.6) is 0 Å². The summed E-state index contributed by atoms with van der Waals surface area (Å²) in [4.78, 5) is 37.3. The number of benzene rings is 2. The third-order valence-electron chi connectivity index (χ3n) is 4.73. The van der Waals surface area contributed by atoms with E-state index in [4.69, 9.17) is 9.47 Å². The molecule has 2 unspecified atom stereocenters. The van der Waals surface area contributed by atoms with Crippen LogP contribution in [0, 0.1) is 5.82 Å². The van der Waals surface area contributed by atoms with Crippen LogP contribution >= 0.6 is 0 Å². The monoisotopic (exact) mass is 458 g/mol. The fourth-order valence-corrected chi connectivity index (χ4v) is 3.25. The van der Waals surface area contributed by atoms with Crippen molar-refractivity contribution in [1.82, 2.24) is 10.6 Å². The van der Waals surface area contributed by atoms with Gasteiger partial charge in [-0.05, 0) is 62.6 Å². The second-order valence-corrected chi connectivity index (χ2v) is 8.60. The molecular weight excluding hydrogens is 427 g/mol. The van der Waals surface area contributed by atoms with Crippen LogP contribution in [0.15, 0.2) is 48.5 Å². The fraction of sp³-hybridized carbons (Fsp3) is 0.400. The number of amides is 2. The second-order valence-electron chi connectivity index (χ2n) is 8.60. The predicted octanol–water partition coefficient (Wildman–Crippen LogP) is 4.84. The second kappa shape index (κ2) is 11.4. The molecule has 2 rings (SSSR count). The molecule has 0 saturated carbocycles. The van der Waals surface area contributed by atoms with Crippen LogP contribution < -0.4 is 10.6 Å². The Bertz CT molecular complexity index is 970. The number of rotatable bonds is 8. The van der Waals surface area contributed by atoms with E-state index in [0.29, 0.717) is 12.0 Å². The minimum atomic E-state index is -1.16. The van der Waals surface area contributed by atoms with Gasteiger partial charge in [-0.3, -0.25) is 4.79 Å². The van der Waals surface area contributed by atoms with E-state index in [0.717, 1.165) is 12.0 Å². The Kier molecular flexibility index (Phi) is 8.96. The number of halogens is 1. The van der Waals surface area contributed by atoms with Crippen molar-refractivity contribution in [2.24, 2.45) is 0 Å². The van der Waals surface area contributed by atoms with Crippen LogP contribution in [0.1, 0.15) is 74.1 Å². The molecule has 0 bridgehead atoms. The summed E-state index contributed by atoms with van der Waals surface area (Å²) in [5, 5.41) is 5.48. The van der Waals surface area contributed by atoms with Gasteiger partial charge in [0.1, 0.15) is 17.5 Å². The van der Waals surface area contributed by atoms with Crippen molar-refractivity contribution >= 4 is 18.0 Å². The molecule has 0 radical (unpaired) electrons. The summed E-state index contributed by atoms with van der Waals surface area (Å²) in [6, 6.07) is 10.7. The van der Waals surface area contributed by atoms with Gasteiger partial charge in [0, 0.05) is 0 Å². The van der Waals surface area contributed by atoms with Gasteiger partial charge in [0.15, 0.2) is 0 Å². The molecule has 8 heteroatoms. The number of carbonyl (C=O) groups is 3. The molecular formula is C25H31FN2O5. The quantitative estimate of drug-likeness (QED) is 0.553. The summed E-state index contributed by atoms with van der Waals surface area (Å²) in [6.45, 7) is 7.10. The minimum Gasteiger partial charge on any atom is -0.465 e. The lowest BCUT2D eigenvalue weighted by molar-refractivity contribution is -0.124. The van der Waals surface area contributed by atoms with E-state index in [1.165, 1.54) is 25.3 Å². The number of methoxy groups -OCH3 is 1. The molecule has 2 aromatic rings. The number of nitrogens with one attached hydrogen (secondary N) is 2. The van der Waals surface area contributed by atoms with E-state index in [-0.39, 0.29) is 11.6 Å². The highest BCUT2D eigenvalue weighted by Gasteiger charge is 2.28. The minimum absolute atomic E-state index is 0.287. The molecule has 0 aliphatic carbocycles. The summed E-state index contributed by atoms with van der Waals surface area (Å²) >= 11 is 0. The number of carbonyl (C=O) groups excluding carboxylic acids is 3. The normalized spacial score (nSPS) is 12.9. The first-order chi connectivity index (χ1) is 15.5. The Morgan fingerprint density at radius 1 is 1.00 bits per heavy atom.